The van der Waals surface area contributed by atoms with Crippen LogP contribution >= 0.6 is 46.4 Å². The lowest BCUT2D eigenvalue weighted by atomic mass is 10.2. The Morgan fingerprint density at radius 2 is 1.19 bits per heavy atom. The van der Waals surface area contributed by atoms with Crippen LogP contribution in [0.1, 0.15) is 10.4 Å². The molecule has 0 radical (unpaired) electrons. The number of carbonyl (C=O) groups excluding carboxylic acids is 1. The van der Waals surface area contributed by atoms with E-state index in [0.717, 1.165) is 0 Å². The number of methoxy groups -OCH3 is 1. The van der Waals surface area contributed by atoms with E-state index in [1.54, 1.807) is 12.1 Å². The maximum absolute atomic E-state index is 11.6. The SMILES string of the molecule is COC(=O)c1ccc(N(c2nc(Cl)nc(Cl)n2)c2nc(Cl)nc(Cl)n2)cc1. The van der Waals surface area contributed by atoms with Gasteiger partial charge in [0.15, 0.2) is 0 Å². The predicted molar refractivity (Wildman–Crippen MR) is 99.3 cm³/mol. The number of benzene rings is 1. The summed E-state index contributed by atoms with van der Waals surface area (Å²) in [6.45, 7) is 0. The summed E-state index contributed by atoms with van der Waals surface area (Å²) < 4.78 is 4.68. The molecule has 2 heterocycles. The van der Waals surface area contributed by atoms with E-state index in [4.69, 9.17) is 46.4 Å². The van der Waals surface area contributed by atoms with Crippen molar-refractivity contribution in [3.05, 3.63) is 51.0 Å². The van der Waals surface area contributed by atoms with Gasteiger partial charge in [-0.2, -0.15) is 29.9 Å². The number of ether oxygens (including phenoxy) is 1. The maximum Gasteiger partial charge on any atom is 0.337 e. The monoisotopic (exact) mass is 445 g/mol. The summed E-state index contributed by atoms with van der Waals surface area (Å²) in [5.74, 6) is -0.487. The molecule has 2 aromatic heterocycles. The molecule has 0 aliphatic rings. The van der Waals surface area contributed by atoms with Crippen LogP contribution in [0.25, 0.3) is 0 Å². The van der Waals surface area contributed by atoms with Crippen molar-refractivity contribution in [2.24, 2.45) is 0 Å². The van der Waals surface area contributed by atoms with Gasteiger partial charge in [0, 0.05) is 0 Å². The zero-order valence-electron chi connectivity index (χ0n) is 13.3. The van der Waals surface area contributed by atoms with Gasteiger partial charge in [-0.25, -0.2) is 9.69 Å². The van der Waals surface area contributed by atoms with E-state index in [-0.39, 0.29) is 33.0 Å². The summed E-state index contributed by atoms with van der Waals surface area (Å²) in [4.78, 5) is 36.5. The smallest absolute Gasteiger partial charge is 0.337 e. The first-order valence-electron chi connectivity index (χ1n) is 7.00. The third-order valence-corrected chi connectivity index (χ3v) is 3.76. The minimum atomic E-state index is -0.495. The molecule has 0 saturated heterocycles. The highest BCUT2D eigenvalue weighted by atomic mass is 35.5. The summed E-state index contributed by atoms with van der Waals surface area (Å²) in [7, 11) is 1.28. The molecule has 3 rings (SSSR count). The maximum atomic E-state index is 11.6. The van der Waals surface area contributed by atoms with Crippen molar-refractivity contribution in [3.8, 4) is 0 Å². The molecule has 138 valence electrons. The van der Waals surface area contributed by atoms with E-state index < -0.39 is 5.97 Å². The number of esters is 1. The minimum absolute atomic E-state index is 0.00384. The molecule has 27 heavy (non-hydrogen) atoms. The molecule has 13 heteroatoms. The number of halogens is 4. The topological polar surface area (TPSA) is 107 Å². The second kappa shape index (κ2) is 8.13. The average molecular weight is 447 g/mol. The largest absolute Gasteiger partial charge is 0.465 e. The minimum Gasteiger partial charge on any atom is -0.465 e. The highest BCUT2D eigenvalue weighted by Crippen LogP contribution is 2.31. The standard InChI is InChI=1S/C14H7Cl4N7O2/c1-27-8(26)6-2-4-7(5-3-6)25(13-21-9(15)19-10(16)22-13)14-23-11(17)20-12(18)24-14/h2-5H,1H3. The molecule has 0 aliphatic carbocycles. The van der Waals surface area contributed by atoms with Gasteiger partial charge >= 0.3 is 5.97 Å². The quantitative estimate of drug-likeness (QED) is 0.550. The third kappa shape index (κ3) is 4.51. The number of nitrogens with zero attached hydrogens (tertiary/aromatic N) is 7. The van der Waals surface area contributed by atoms with Crippen LogP contribution in [-0.4, -0.2) is 43.0 Å². The number of hydrogen-bond acceptors (Lipinski definition) is 9. The van der Waals surface area contributed by atoms with Gasteiger partial charge in [0.25, 0.3) is 0 Å². The first-order valence-corrected chi connectivity index (χ1v) is 8.51. The summed E-state index contributed by atoms with van der Waals surface area (Å²) in [6.07, 6.45) is 0. The fourth-order valence-electron chi connectivity index (χ4n) is 2.02. The summed E-state index contributed by atoms with van der Waals surface area (Å²) in [5.41, 5.74) is 0.791. The van der Waals surface area contributed by atoms with Gasteiger partial charge < -0.3 is 4.74 Å². The Labute approximate surface area is 172 Å². The van der Waals surface area contributed by atoms with Gasteiger partial charge in [0.2, 0.25) is 33.0 Å². The van der Waals surface area contributed by atoms with Crippen LogP contribution in [0, 0.1) is 0 Å². The summed E-state index contributed by atoms with van der Waals surface area (Å²) >= 11 is 23.5. The second-order valence-electron chi connectivity index (χ2n) is 4.72. The molecule has 0 fully saturated rings. The molecular weight excluding hydrogens is 440 g/mol. The highest BCUT2D eigenvalue weighted by molar-refractivity contribution is 6.31. The number of anilines is 3. The normalized spacial score (nSPS) is 10.6. The molecule has 1 aromatic carbocycles. The van der Waals surface area contributed by atoms with Crippen LogP contribution < -0.4 is 4.90 Å². The van der Waals surface area contributed by atoms with Crippen LogP contribution in [0.3, 0.4) is 0 Å². The lowest BCUT2D eigenvalue weighted by Gasteiger charge is -2.20. The molecule has 0 aliphatic heterocycles. The molecule has 3 aromatic rings. The summed E-state index contributed by atoms with van der Waals surface area (Å²) in [5, 5.41) is -0.584. The molecule has 0 atom stereocenters. The number of rotatable bonds is 4. The van der Waals surface area contributed by atoms with E-state index in [9.17, 15) is 4.79 Å². The Hall–Kier alpha value is -2.33. The van der Waals surface area contributed by atoms with Crippen LogP contribution in [-0.2, 0) is 4.74 Å². The third-order valence-electron chi connectivity index (χ3n) is 3.08. The van der Waals surface area contributed by atoms with Crippen LogP contribution in [0.4, 0.5) is 17.6 Å². The highest BCUT2D eigenvalue weighted by Gasteiger charge is 2.22. The lowest BCUT2D eigenvalue weighted by molar-refractivity contribution is 0.0601. The van der Waals surface area contributed by atoms with Crippen molar-refractivity contribution >= 4 is 70.0 Å². The van der Waals surface area contributed by atoms with Crippen molar-refractivity contribution in [3.63, 3.8) is 0 Å². The van der Waals surface area contributed by atoms with Gasteiger partial charge in [-0.05, 0) is 70.7 Å². The van der Waals surface area contributed by atoms with Crippen molar-refractivity contribution in [2.75, 3.05) is 12.0 Å². The van der Waals surface area contributed by atoms with Gasteiger partial charge in [0.1, 0.15) is 0 Å². The van der Waals surface area contributed by atoms with Crippen LogP contribution in [0.15, 0.2) is 24.3 Å². The van der Waals surface area contributed by atoms with Crippen molar-refractivity contribution in [2.45, 2.75) is 0 Å². The van der Waals surface area contributed by atoms with E-state index in [1.165, 1.54) is 24.1 Å². The first-order chi connectivity index (χ1) is 12.9. The molecule has 0 unspecified atom stereocenters. The fourth-order valence-corrected chi connectivity index (χ4v) is 2.73. The number of carbonyl (C=O) groups is 1. The molecule has 0 N–H and O–H groups in total. The zero-order valence-corrected chi connectivity index (χ0v) is 16.3. The number of hydrogen-bond donors (Lipinski definition) is 0. The van der Waals surface area contributed by atoms with Gasteiger partial charge in [-0.15, -0.1) is 0 Å². The van der Waals surface area contributed by atoms with Gasteiger partial charge in [0.05, 0.1) is 18.4 Å². The molecule has 0 spiro atoms. The lowest BCUT2D eigenvalue weighted by Crippen LogP contribution is -2.17. The molecule has 0 saturated carbocycles. The molecule has 9 nitrogen and oxygen atoms in total. The van der Waals surface area contributed by atoms with E-state index in [2.05, 4.69) is 34.6 Å². The first kappa shape index (κ1) is 19.4. The average Bonchev–Trinajstić information content (AvgIpc) is 2.60. The Bertz CT molecular complexity index is 911. The zero-order chi connectivity index (χ0) is 19.6. The van der Waals surface area contributed by atoms with Crippen molar-refractivity contribution in [1.82, 2.24) is 29.9 Å². The summed E-state index contributed by atoms with van der Waals surface area (Å²) in [6, 6.07) is 6.23. The van der Waals surface area contributed by atoms with Gasteiger partial charge in [-0.3, -0.25) is 0 Å². The van der Waals surface area contributed by atoms with Crippen molar-refractivity contribution < 1.29 is 9.53 Å². The van der Waals surface area contributed by atoms with Crippen LogP contribution in [0.2, 0.25) is 21.1 Å². The fraction of sp³-hybridized carbons (Fsp3) is 0.0714. The molecular formula is C14H7Cl4N7O2. The Morgan fingerprint density at radius 3 is 1.56 bits per heavy atom. The van der Waals surface area contributed by atoms with Gasteiger partial charge in [-0.1, -0.05) is 0 Å². The Kier molecular flexibility index (Phi) is 5.85. The van der Waals surface area contributed by atoms with E-state index >= 15 is 0 Å². The predicted octanol–water partition coefficient (Wildman–Crippen LogP) is 3.93. The Morgan fingerprint density at radius 1 is 0.778 bits per heavy atom. The van der Waals surface area contributed by atoms with E-state index in [0.29, 0.717) is 11.3 Å². The number of aromatic nitrogens is 6. The molecule has 0 bridgehead atoms. The Balaban J connectivity index is 2.16. The van der Waals surface area contributed by atoms with E-state index in [1.807, 2.05) is 0 Å². The second-order valence-corrected chi connectivity index (χ2v) is 6.07. The van der Waals surface area contributed by atoms with Crippen LogP contribution in [0.5, 0.6) is 0 Å². The van der Waals surface area contributed by atoms with Crippen molar-refractivity contribution in [1.29, 1.82) is 0 Å². The molecule has 0 amide bonds.